The molecule has 1 atom stereocenters. The molecule has 0 aliphatic carbocycles. The Labute approximate surface area is 114 Å². The molecule has 1 N–H and O–H groups in total. The fraction of sp³-hybridized carbons (Fsp3) is 0.769. The van der Waals surface area contributed by atoms with Gasteiger partial charge in [0.15, 0.2) is 0 Å². The molecule has 0 radical (unpaired) electrons. The van der Waals surface area contributed by atoms with Gasteiger partial charge in [0.05, 0.1) is 5.69 Å². The number of hydrogen-bond acceptors (Lipinski definition) is 4. The largest absolute Gasteiger partial charge is 0.310 e. The van der Waals surface area contributed by atoms with E-state index in [9.17, 15) is 0 Å². The zero-order valence-corrected chi connectivity index (χ0v) is 13.2. The summed E-state index contributed by atoms with van der Waals surface area (Å²) in [5.41, 5.74) is 1.20. The molecule has 1 aromatic rings. The normalized spacial score (nSPS) is 13.3. The van der Waals surface area contributed by atoms with E-state index >= 15 is 0 Å². The number of thioether (sulfide) groups is 1. The molecule has 0 aromatic carbocycles. The number of nitrogens with one attached hydrogen (secondary N) is 1. The lowest BCUT2D eigenvalue weighted by Crippen LogP contribution is -2.17. The number of nitrogens with zero attached hydrogens (tertiary/aromatic N) is 1. The maximum atomic E-state index is 4.67. The van der Waals surface area contributed by atoms with Crippen LogP contribution in [0.5, 0.6) is 0 Å². The van der Waals surface area contributed by atoms with E-state index in [1.54, 1.807) is 0 Å². The minimum absolute atomic E-state index is 0.432. The molecule has 2 nitrogen and oxygen atoms in total. The van der Waals surface area contributed by atoms with Gasteiger partial charge in [-0.15, -0.1) is 11.3 Å². The quantitative estimate of drug-likeness (QED) is 0.812. The summed E-state index contributed by atoms with van der Waals surface area (Å²) >= 11 is 3.85. The maximum Gasteiger partial charge on any atom is 0.103 e. The van der Waals surface area contributed by atoms with Crippen molar-refractivity contribution in [1.82, 2.24) is 10.3 Å². The van der Waals surface area contributed by atoms with E-state index in [2.05, 4.69) is 44.9 Å². The molecule has 1 heterocycles. The van der Waals surface area contributed by atoms with Crippen LogP contribution in [-0.4, -0.2) is 17.3 Å². The first-order chi connectivity index (χ1) is 8.04. The van der Waals surface area contributed by atoms with Crippen molar-refractivity contribution in [3.05, 3.63) is 15.6 Å². The Kier molecular flexibility index (Phi) is 6.52. The SMILES string of the molecule is CCNC(C)c1sc(CSCC(C)C)nc1C. The van der Waals surface area contributed by atoms with E-state index in [0.717, 1.165) is 18.2 Å². The second kappa shape index (κ2) is 7.39. The molecule has 0 aliphatic heterocycles. The lowest BCUT2D eigenvalue weighted by atomic mass is 10.2. The molecule has 1 rings (SSSR count). The van der Waals surface area contributed by atoms with Crippen LogP contribution in [0.25, 0.3) is 0 Å². The zero-order chi connectivity index (χ0) is 12.8. The molecule has 0 saturated heterocycles. The van der Waals surface area contributed by atoms with Crippen molar-refractivity contribution in [3.8, 4) is 0 Å². The minimum atomic E-state index is 0.432. The van der Waals surface area contributed by atoms with Gasteiger partial charge in [0.2, 0.25) is 0 Å². The average molecular weight is 272 g/mol. The lowest BCUT2D eigenvalue weighted by molar-refractivity contribution is 0.603. The van der Waals surface area contributed by atoms with Crippen LogP contribution in [0, 0.1) is 12.8 Å². The first kappa shape index (κ1) is 15.0. The van der Waals surface area contributed by atoms with Crippen LogP contribution in [0.15, 0.2) is 0 Å². The third-order valence-electron chi connectivity index (χ3n) is 2.46. The summed E-state index contributed by atoms with van der Waals surface area (Å²) < 4.78 is 0. The van der Waals surface area contributed by atoms with Crippen LogP contribution in [0.4, 0.5) is 0 Å². The van der Waals surface area contributed by atoms with Crippen molar-refractivity contribution in [1.29, 1.82) is 0 Å². The number of rotatable bonds is 7. The van der Waals surface area contributed by atoms with Crippen LogP contribution in [0.1, 0.15) is 49.3 Å². The third kappa shape index (κ3) is 4.98. The molecule has 17 heavy (non-hydrogen) atoms. The van der Waals surface area contributed by atoms with E-state index in [1.165, 1.54) is 21.3 Å². The number of aromatic nitrogens is 1. The molecule has 98 valence electrons. The zero-order valence-electron chi connectivity index (χ0n) is 11.5. The van der Waals surface area contributed by atoms with Gasteiger partial charge in [0.1, 0.15) is 5.01 Å². The van der Waals surface area contributed by atoms with Gasteiger partial charge in [0, 0.05) is 16.7 Å². The van der Waals surface area contributed by atoms with E-state index in [4.69, 9.17) is 0 Å². The van der Waals surface area contributed by atoms with Gasteiger partial charge >= 0.3 is 0 Å². The highest BCUT2D eigenvalue weighted by atomic mass is 32.2. The molecular formula is C13H24N2S2. The highest BCUT2D eigenvalue weighted by Gasteiger charge is 2.13. The second-order valence-corrected chi connectivity index (χ2v) is 6.89. The molecule has 4 heteroatoms. The Morgan fingerprint density at radius 1 is 1.35 bits per heavy atom. The van der Waals surface area contributed by atoms with E-state index < -0.39 is 0 Å². The van der Waals surface area contributed by atoms with Crippen LogP contribution in [0.3, 0.4) is 0 Å². The van der Waals surface area contributed by atoms with Crippen LogP contribution < -0.4 is 5.32 Å². The Balaban J connectivity index is 2.55. The Morgan fingerprint density at radius 3 is 2.65 bits per heavy atom. The van der Waals surface area contributed by atoms with E-state index in [1.807, 2.05) is 23.1 Å². The third-order valence-corrected chi connectivity index (χ3v) is 5.36. The number of hydrogen-bond donors (Lipinski definition) is 1. The molecule has 0 aliphatic rings. The molecule has 0 spiro atoms. The number of aryl methyl sites for hydroxylation is 1. The predicted octanol–water partition coefficient (Wildman–Crippen LogP) is 4.01. The van der Waals surface area contributed by atoms with Crippen molar-refractivity contribution in [2.24, 2.45) is 5.92 Å². The van der Waals surface area contributed by atoms with Gasteiger partial charge in [-0.3, -0.25) is 0 Å². The topological polar surface area (TPSA) is 24.9 Å². The maximum absolute atomic E-state index is 4.67. The molecule has 1 aromatic heterocycles. The summed E-state index contributed by atoms with van der Waals surface area (Å²) in [6, 6.07) is 0.432. The molecule has 1 unspecified atom stereocenters. The number of thiazole rings is 1. The van der Waals surface area contributed by atoms with Gasteiger partial charge < -0.3 is 5.32 Å². The summed E-state index contributed by atoms with van der Waals surface area (Å²) in [5.74, 6) is 3.04. The smallest absolute Gasteiger partial charge is 0.103 e. The van der Waals surface area contributed by atoms with Crippen molar-refractivity contribution in [2.45, 2.75) is 46.4 Å². The monoisotopic (exact) mass is 272 g/mol. The Hall–Kier alpha value is -0.0600. The highest BCUT2D eigenvalue weighted by molar-refractivity contribution is 7.98. The van der Waals surface area contributed by atoms with Gasteiger partial charge in [-0.05, 0) is 32.1 Å². The summed E-state index contributed by atoms with van der Waals surface area (Å²) in [4.78, 5) is 6.06. The van der Waals surface area contributed by atoms with E-state index in [-0.39, 0.29) is 0 Å². The van der Waals surface area contributed by atoms with Crippen molar-refractivity contribution in [2.75, 3.05) is 12.3 Å². The molecular weight excluding hydrogens is 248 g/mol. The Bertz CT molecular complexity index is 334. The minimum Gasteiger partial charge on any atom is -0.310 e. The molecule has 0 amide bonds. The molecule has 0 saturated carbocycles. The molecule has 0 fully saturated rings. The first-order valence-electron chi connectivity index (χ1n) is 6.31. The summed E-state index contributed by atoms with van der Waals surface area (Å²) in [7, 11) is 0. The summed E-state index contributed by atoms with van der Waals surface area (Å²) in [6.45, 7) is 12.0. The fourth-order valence-electron chi connectivity index (χ4n) is 1.71. The molecule has 0 bridgehead atoms. The summed E-state index contributed by atoms with van der Waals surface area (Å²) in [6.07, 6.45) is 0. The second-order valence-electron chi connectivity index (χ2n) is 4.75. The predicted molar refractivity (Wildman–Crippen MR) is 79.9 cm³/mol. The van der Waals surface area contributed by atoms with E-state index in [0.29, 0.717) is 6.04 Å². The standard InChI is InChI=1S/C13H24N2S2/c1-6-14-10(4)13-11(5)15-12(17-13)8-16-7-9(2)3/h9-10,14H,6-8H2,1-5H3. The lowest BCUT2D eigenvalue weighted by Gasteiger charge is -2.09. The first-order valence-corrected chi connectivity index (χ1v) is 8.29. The van der Waals surface area contributed by atoms with Gasteiger partial charge in [-0.1, -0.05) is 20.8 Å². The fourth-order valence-corrected chi connectivity index (χ4v) is 3.91. The van der Waals surface area contributed by atoms with Crippen molar-refractivity contribution < 1.29 is 0 Å². The van der Waals surface area contributed by atoms with Gasteiger partial charge in [0.25, 0.3) is 0 Å². The Morgan fingerprint density at radius 2 is 2.06 bits per heavy atom. The van der Waals surface area contributed by atoms with Gasteiger partial charge in [-0.25, -0.2) is 4.98 Å². The van der Waals surface area contributed by atoms with Crippen LogP contribution in [-0.2, 0) is 5.75 Å². The van der Waals surface area contributed by atoms with Crippen molar-refractivity contribution >= 4 is 23.1 Å². The average Bonchev–Trinajstić information content (AvgIpc) is 2.59. The summed E-state index contributed by atoms with van der Waals surface area (Å²) in [5, 5.41) is 4.73. The van der Waals surface area contributed by atoms with Crippen molar-refractivity contribution in [3.63, 3.8) is 0 Å². The van der Waals surface area contributed by atoms with Gasteiger partial charge in [-0.2, -0.15) is 11.8 Å². The highest BCUT2D eigenvalue weighted by Crippen LogP contribution is 2.27. The van der Waals surface area contributed by atoms with Crippen LogP contribution in [0.2, 0.25) is 0 Å². The van der Waals surface area contributed by atoms with Crippen LogP contribution >= 0.6 is 23.1 Å².